The van der Waals surface area contributed by atoms with Crippen LogP contribution in [0.4, 0.5) is 13.2 Å². The predicted molar refractivity (Wildman–Crippen MR) is 115 cm³/mol. The van der Waals surface area contributed by atoms with Crippen LogP contribution < -0.4 is 9.47 Å². The molecule has 0 saturated carbocycles. The molecule has 1 atom stereocenters. The number of halogens is 3. The third-order valence-corrected chi connectivity index (χ3v) is 5.54. The molecule has 4 aromatic rings. The molecule has 0 amide bonds. The number of aromatic hydroxyl groups is 1. The molecule has 33 heavy (non-hydrogen) atoms. The molecule has 0 fully saturated rings. The molecule has 0 spiro atoms. The van der Waals surface area contributed by atoms with Crippen molar-refractivity contribution in [3.63, 3.8) is 0 Å². The first-order chi connectivity index (χ1) is 15.8. The summed E-state index contributed by atoms with van der Waals surface area (Å²) in [6, 6.07) is 15.2. The minimum absolute atomic E-state index is 0.0591. The summed E-state index contributed by atoms with van der Waals surface area (Å²) in [5, 5.41) is 19.5. The number of hydrogen-bond acceptors (Lipinski definition) is 5. The molecule has 0 radical (unpaired) electrons. The Morgan fingerprint density at radius 1 is 0.970 bits per heavy atom. The molecule has 0 unspecified atom stereocenters. The van der Waals surface area contributed by atoms with Gasteiger partial charge in [0.1, 0.15) is 23.9 Å². The van der Waals surface area contributed by atoms with Gasteiger partial charge in [-0.25, -0.2) is 0 Å². The molecule has 5 rings (SSSR count). The van der Waals surface area contributed by atoms with Crippen molar-refractivity contribution >= 4 is 10.9 Å². The van der Waals surface area contributed by atoms with Gasteiger partial charge in [-0.1, -0.05) is 12.1 Å². The number of pyridine rings is 1. The molecule has 0 saturated heterocycles. The highest BCUT2D eigenvalue weighted by Crippen LogP contribution is 2.48. The molecule has 1 aliphatic rings. The molecule has 0 aliphatic carbocycles. The van der Waals surface area contributed by atoms with Gasteiger partial charge in [0.15, 0.2) is 6.10 Å². The number of aromatic nitrogens is 1. The van der Waals surface area contributed by atoms with Gasteiger partial charge in [-0.2, -0.15) is 13.2 Å². The molecular formula is C25H18F3NO4. The Morgan fingerprint density at radius 3 is 2.48 bits per heavy atom. The Bertz CT molecular complexity index is 1340. The number of fused-ring (bicyclic) bond motifs is 5. The van der Waals surface area contributed by atoms with Crippen molar-refractivity contribution in [1.29, 1.82) is 0 Å². The van der Waals surface area contributed by atoms with Crippen molar-refractivity contribution in [3.05, 3.63) is 83.6 Å². The Morgan fingerprint density at radius 2 is 1.76 bits per heavy atom. The molecule has 3 aromatic carbocycles. The molecule has 8 heteroatoms. The largest absolute Gasteiger partial charge is 0.508 e. The molecule has 1 aromatic heterocycles. The Hall–Kier alpha value is -3.78. The lowest BCUT2D eigenvalue weighted by Crippen LogP contribution is -2.17. The second kappa shape index (κ2) is 7.97. The van der Waals surface area contributed by atoms with E-state index in [0.29, 0.717) is 28.0 Å². The number of nitrogens with zero attached hydrogens (tertiary/aromatic N) is 1. The number of hydrogen-bond donors (Lipinski definition) is 2. The minimum atomic E-state index is -4.50. The highest BCUT2D eigenvalue weighted by molar-refractivity contribution is 5.92. The first kappa shape index (κ1) is 21.1. The molecule has 1 aliphatic heterocycles. The van der Waals surface area contributed by atoms with Crippen molar-refractivity contribution < 1.29 is 32.9 Å². The molecule has 168 valence electrons. The van der Waals surface area contributed by atoms with E-state index < -0.39 is 17.8 Å². The van der Waals surface area contributed by atoms with Gasteiger partial charge in [0.25, 0.3) is 0 Å². The zero-order valence-electron chi connectivity index (χ0n) is 17.1. The summed E-state index contributed by atoms with van der Waals surface area (Å²) in [5.41, 5.74) is 2.37. The van der Waals surface area contributed by atoms with Crippen LogP contribution in [0.3, 0.4) is 0 Å². The summed E-state index contributed by atoms with van der Waals surface area (Å²) in [5.74, 6) is 0.722. The Labute approximate surface area is 186 Å². The van der Waals surface area contributed by atoms with Crippen LogP contribution in [0, 0.1) is 0 Å². The highest BCUT2D eigenvalue weighted by atomic mass is 19.4. The highest BCUT2D eigenvalue weighted by Gasteiger charge is 2.35. The fourth-order valence-corrected chi connectivity index (χ4v) is 4.04. The van der Waals surface area contributed by atoms with Gasteiger partial charge in [0.05, 0.1) is 17.7 Å². The number of alkyl halides is 3. The number of aliphatic hydroxyl groups excluding tert-OH is 1. The Balaban J connectivity index is 1.69. The molecular weight excluding hydrogens is 435 g/mol. The summed E-state index contributed by atoms with van der Waals surface area (Å²) in [7, 11) is 0. The fraction of sp³-hybridized carbons (Fsp3) is 0.160. The second-order valence-corrected chi connectivity index (χ2v) is 7.63. The van der Waals surface area contributed by atoms with Crippen LogP contribution in [0.15, 0.2) is 66.9 Å². The van der Waals surface area contributed by atoms with Crippen molar-refractivity contribution in [2.45, 2.75) is 12.3 Å². The standard InChI is InChI=1S/C25H18F3NO4/c26-25(27,28)15-3-7-18-20-13-29-21-12-16(31)4-8-19(21)23(20)24(33-22(18)11-15)14-1-5-17(6-2-14)32-10-9-30/h1-8,11-13,24,30-31H,9-10H2/t24-/m1/s1. The van der Waals surface area contributed by atoms with Gasteiger partial charge in [-0.3, -0.25) is 4.98 Å². The smallest absolute Gasteiger partial charge is 0.416 e. The lowest BCUT2D eigenvalue weighted by Gasteiger charge is -2.30. The summed E-state index contributed by atoms with van der Waals surface area (Å²) in [6.07, 6.45) is -3.62. The maximum Gasteiger partial charge on any atom is 0.416 e. The van der Waals surface area contributed by atoms with Crippen molar-refractivity contribution in [2.75, 3.05) is 13.2 Å². The van der Waals surface area contributed by atoms with Crippen LogP contribution >= 0.6 is 0 Å². The predicted octanol–water partition coefficient (Wildman–Crippen LogP) is 5.48. The molecule has 5 nitrogen and oxygen atoms in total. The fourth-order valence-electron chi connectivity index (χ4n) is 4.04. The zero-order valence-corrected chi connectivity index (χ0v) is 17.1. The Kier molecular flexibility index (Phi) is 5.09. The number of phenols is 1. The maximum absolute atomic E-state index is 13.3. The molecule has 2 heterocycles. The van der Waals surface area contributed by atoms with E-state index >= 15 is 0 Å². The van der Waals surface area contributed by atoms with E-state index in [1.807, 2.05) is 0 Å². The van der Waals surface area contributed by atoms with Crippen LogP contribution in [-0.4, -0.2) is 28.4 Å². The summed E-state index contributed by atoms with van der Waals surface area (Å²) < 4.78 is 51.6. The van der Waals surface area contributed by atoms with Crippen LogP contribution in [0.1, 0.15) is 22.8 Å². The van der Waals surface area contributed by atoms with Crippen LogP contribution in [0.25, 0.3) is 22.0 Å². The summed E-state index contributed by atoms with van der Waals surface area (Å²) in [6.45, 7) is 0.0283. The topological polar surface area (TPSA) is 71.8 Å². The summed E-state index contributed by atoms with van der Waals surface area (Å²) in [4.78, 5) is 4.42. The van der Waals surface area contributed by atoms with Gasteiger partial charge in [-0.05, 0) is 48.0 Å². The number of phenolic OH excluding ortho intramolecular Hbond substituents is 1. The van der Waals surface area contributed by atoms with E-state index in [-0.39, 0.29) is 24.7 Å². The molecule has 2 N–H and O–H groups in total. The lowest BCUT2D eigenvalue weighted by molar-refractivity contribution is -0.137. The monoisotopic (exact) mass is 453 g/mol. The van der Waals surface area contributed by atoms with E-state index in [9.17, 15) is 18.3 Å². The van der Waals surface area contributed by atoms with E-state index in [2.05, 4.69) is 4.98 Å². The third-order valence-electron chi connectivity index (χ3n) is 5.54. The number of aliphatic hydroxyl groups is 1. The SMILES string of the molecule is OCCOc1ccc([C@H]2Oc3cc(C(F)(F)F)ccc3-c3cnc4cc(O)ccc4c32)cc1. The van der Waals surface area contributed by atoms with Crippen LogP contribution in [-0.2, 0) is 6.18 Å². The molecule has 0 bridgehead atoms. The first-order valence-electron chi connectivity index (χ1n) is 10.2. The average Bonchev–Trinajstić information content (AvgIpc) is 2.81. The van der Waals surface area contributed by atoms with Crippen LogP contribution in [0.2, 0.25) is 0 Å². The first-order valence-corrected chi connectivity index (χ1v) is 10.2. The van der Waals surface area contributed by atoms with Gasteiger partial charge >= 0.3 is 6.18 Å². The van der Waals surface area contributed by atoms with Crippen molar-refractivity contribution in [3.8, 4) is 28.4 Å². The van der Waals surface area contributed by atoms with Gasteiger partial charge in [0.2, 0.25) is 0 Å². The van der Waals surface area contributed by atoms with E-state index in [4.69, 9.17) is 14.6 Å². The van der Waals surface area contributed by atoms with E-state index in [1.54, 1.807) is 36.5 Å². The quantitative estimate of drug-likeness (QED) is 0.428. The van der Waals surface area contributed by atoms with Gasteiger partial charge in [0, 0.05) is 34.3 Å². The number of rotatable bonds is 4. The van der Waals surface area contributed by atoms with Gasteiger partial charge in [-0.15, -0.1) is 0 Å². The third kappa shape index (κ3) is 3.82. The number of benzene rings is 3. The normalized spacial score (nSPS) is 15.0. The average molecular weight is 453 g/mol. The van der Waals surface area contributed by atoms with Crippen molar-refractivity contribution in [1.82, 2.24) is 4.98 Å². The maximum atomic E-state index is 13.3. The zero-order chi connectivity index (χ0) is 23.2. The second-order valence-electron chi connectivity index (χ2n) is 7.63. The van der Waals surface area contributed by atoms with Gasteiger partial charge < -0.3 is 19.7 Å². The minimum Gasteiger partial charge on any atom is -0.508 e. The van der Waals surface area contributed by atoms with Crippen molar-refractivity contribution in [2.24, 2.45) is 0 Å². The number of ether oxygens (including phenoxy) is 2. The van der Waals surface area contributed by atoms with Crippen LogP contribution in [0.5, 0.6) is 17.2 Å². The van der Waals surface area contributed by atoms with E-state index in [1.165, 1.54) is 18.2 Å². The lowest BCUT2D eigenvalue weighted by atomic mass is 9.87. The van der Waals surface area contributed by atoms with E-state index in [0.717, 1.165) is 23.1 Å². The summed E-state index contributed by atoms with van der Waals surface area (Å²) >= 11 is 0.